The second-order valence-corrected chi connectivity index (χ2v) is 6.24. The molecule has 2 rings (SSSR count). The molecule has 6 heteroatoms. The Hall–Kier alpha value is -1.15. The van der Waals surface area contributed by atoms with Crippen LogP contribution in [0.2, 0.25) is 0 Å². The molecule has 0 saturated heterocycles. The first kappa shape index (κ1) is 13.3. The highest BCUT2D eigenvalue weighted by atomic mass is 127. The second-order valence-electron chi connectivity index (χ2n) is 3.45. The Balaban J connectivity index is 2.33. The predicted octanol–water partition coefficient (Wildman–Crippen LogP) is 3.20. The fraction of sp³-hybridized carbons (Fsp3) is 0. The normalized spacial score (nSPS) is 11.2. The summed E-state index contributed by atoms with van der Waals surface area (Å²) in [6.07, 6.45) is 0. The Morgan fingerprint density at radius 1 is 1.06 bits per heavy atom. The van der Waals surface area contributed by atoms with Crippen molar-refractivity contribution in [2.45, 2.75) is 4.90 Å². The molecule has 0 amide bonds. The van der Waals surface area contributed by atoms with Crippen LogP contribution in [-0.4, -0.2) is 8.42 Å². The van der Waals surface area contributed by atoms with Gasteiger partial charge in [0.15, 0.2) is 0 Å². The van der Waals surface area contributed by atoms with Crippen LogP contribution in [0.4, 0.5) is 4.39 Å². The van der Waals surface area contributed by atoms with Crippen LogP contribution in [0, 0.1) is 9.39 Å². The van der Waals surface area contributed by atoms with Crippen LogP contribution in [0.1, 0.15) is 0 Å². The Bertz CT molecular complexity index is 671. The van der Waals surface area contributed by atoms with Gasteiger partial charge in [0.2, 0.25) is 0 Å². The maximum Gasteiger partial charge on any atom is 0.339 e. The van der Waals surface area contributed by atoms with Gasteiger partial charge in [-0.05, 0) is 59.0 Å². The third-order valence-electron chi connectivity index (χ3n) is 2.09. The Kier molecular flexibility index (Phi) is 3.86. The molecule has 18 heavy (non-hydrogen) atoms. The largest absolute Gasteiger partial charge is 0.379 e. The monoisotopic (exact) mass is 378 g/mol. The average molecular weight is 378 g/mol. The molecule has 2 aromatic rings. The van der Waals surface area contributed by atoms with Gasteiger partial charge in [-0.1, -0.05) is 12.1 Å². The standard InChI is InChI=1S/C12H8FIO3S/c13-9-3-1-6-12(7-9)18(15,16)17-11-5-2-4-10(14)8-11/h1-8H. The molecule has 0 aliphatic carbocycles. The molecule has 0 radical (unpaired) electrons. The lowest BCUT2D eigenvalue weighted by molar-refractivity contribution is 0.484. The van der Waals surface area contributed by atoms with Crippen LogP contribution in [0.25, 0.3) is 0 Å². The van der Waals surface area contributed by atoms with E-state index < -0.39 is 15.9 Å². The zero-order valence-corrected chi connectivity index (χ0v) is 12.0. The maximum atomic E-state index is 13.0. The van der Waals surface area contributed by atoms with Crippen molar-refractivity contribution < 1.29 is 17.0 Å². The molecule has 0 saturated carbocycles. The van der Waals surface area contributed by atoms with Gasteiger partial charge in [-0.15, -0.1) is 0 Å². The zero-order chi connectivity index (χ0) is 13.2. The lowest BCUT2D eigenvalue weighted by Gasteiger charge is -2.07. The van der Waals surface area contributed by atoms with Crippen LogP contribution in [0.15, 0.2) is 53.4 Å². The van der Waals surface area contributed by atoms with E-state index in [1.807, 2.05) is 28.7 Å². The van der Waals surface area contributed by atoms with Crippen molar-refractivity contribution in [1.29, 1.82) is 0 Å². The first-order valence-corrected chi connectivity index (χ1v) is 7.42. The van der Waals surface area contributed by atoms with Gasteiger partial charge < -0.3 is 4.18 Å². The highest BCUT2D eigenvalue weighted by Gasteiger charge is 2.17. The third-order valence-corrected chi connectivity index (χ3v) is 4.00. The van der Waals surface area contributed by atoms with E-state index in [1.54, 1.807) is 12.1 Å². The van der Waals surface area contributed by atoms with Gasteiger partial charge in [-0.2, -0.15) is 8.42 Å². The van der Waals surface area contributed by atoms with Crippen LogP contribution in [0.5, 0.6) is 5.75 Å². The average Bonchev–Trinajstić information content (AvgIpc) is 2.28. The van der Waals surface area contributed by atoms with Gasteiger partial charge in [0, 0.05) is 3.57 Å². The molecule has 0 heterocycles. The van der Waals surface area contributed by atoms with Gasteiger partial charge in [-0.25, -0.2) is 4.39 Å². The minimum Gasteiger partial charge on any atom is -0.379 e. The van der Waals surface area contributed by atoms with Crippen molar-refractivity contribution in [3.05, 3.63) is 57.9 Å². The smallest absolute Gasteiger partial charge is 0.339 e. The molecule has 0 fully saturated rings. The molecule has 0 spiro atoms. The Morgan fingerprint density at radius 2 is 1.78 bits per heavy atom. The fourth-order valence-corrected chi connectivity index (χ4v) is 2.79. The molecule has 0 aromatic heterocycles. The van der Waals surface area contributed by atoms with Gasteiger partial charge in [0.25, 0.3) is 0 Å². The number of hydrogen-bond acceptors (Lipinski definition) is 3. The van der Waals surface area contributed by atoms with Gasteiger partial charge in [0.05, 0.1) is 0 Å². The number of hydrogen-bond donors (Lipinski definition) is 0. The van der Waals surface area contributed by atoms with E-state index in [2.05, 4.69) is 0 Å². The van der Waals surface area contributed by atoms with E-state index in [9.17, 15) is 12.8 Å². The van der Waals surface area contributed by atoms with Gasteiger partial charge in [0.1, 0.15) is 16.5 Å². The summed E-state index contributed by atoms with van der Waals surface area (Å²) in [5, 5.41) is 0. The molecule has 0 atom stereocenters. The number of rotatable bonds is 3. The van der Waals surface area contributed by atoms with Crippen LogP contribution >= 0.6 is 22.6 Å². The van der Waals surface area contributed by atoms with Crippen molar-refractivity contribution in [2.24, 2.45) is 0 Å². The third kappa shape index (κ3) is 3.20. The van der Waals surface area contributed by atoms with Crippen LogP contribution in [-0.2, 0) is 10.1 Å². The number of halogens is 2. The molecule has 3 nitrogen and oxygen atoms in total. The first-order valence-electron chi connectivity index (χ1n) is 4.93. The Labute approximate surface area is 118 Å². The van der Waals surface area contributed by atoms with E-state index in [-0.39, 0.29) is 10.6 Å². The van der Waals surface area contributed by atoms with Crippen molar-refractivity contribution >= 4 is 32.7 Å². The van der Waals surface area contributed by atoms with Crippen LogP contribution < -0.4 is 4.18 Å². The Morgan fingerprint density at radius 3 is 2.44 bits per heavy atom. The van der Waals surface area contributed by atoms with Crippen molar-refractivity contribution in [1.82, 2.24) is 0 Å². The quantitative estimate of drug-likeness (QED) is 0.609. The van der Waals surface area contributed by atoms with Crippen molar-refractivity contribution in [3.63, 3.8) is 0 Å². The molecule has 2 aromatic carbocycles. The van der Waals surface area contributed by atoms with Crippen molar-refractivity contribution in [3.8, 4) is 5.75 Å². The summed E-state index contributed by atoms with van der Waals surface area (Å²) < 4.78 is 42.5. The predicted molar refractivity (Wildman–Crippen MR) is 73.4 cm³/mol. The maximum absolute atomic E-state index is 13.0. The van der Waals surface area contributed by atoms with E-state index >= 15 is 0 Å². The molecule has 0 aliphatic heterocycles. The van der Waals surface area contributed by atoms with E-state index in [1.165, 1.54) is 24.3 Å². The van der Waals surface area contributed by atoms with Gasteiger partial charge >= 0.3 is 10.1 Å². The number of benzene rings is 2. The molecule has 0 N–H and O–H groups in total. The summed E-state index contributed by atoms with van der Waals surface area (Å²) in [6.45, 7) is 0. The van der Waals surface area contributed by atoms with E-state index in [0.717, 1.165) is 9.64 Å². The summed E-state index contributed by atoms with van der Waals surface area (Å²) in [7, 11) is -4.00. The first-order chi connectivity index (χ1) is 8.47. The van der Waals surface area contributed by atoms with Gasteiger partial charge in [-0.3, -0.25) is 0 Å². The van der Waals surface area contributed by atoms with E-state index in [4.69, 9.17) is 4.18 Å². The summed E-state index contributed by atoms with van der Waals surface area (Å²) in [5.74, 6) is -0.423. The minimum absolute atomic E-state index is 0.200. The highest BCUT2D eigenvalue weighted by Crippen LogP contribution is 2.20. The lowest BCUT2D eigenvalue weighted by atomic mass is 10.3. The van der Waals surface area contributed by atoms with Crippen molar-refractivity contribution in [2.75, 3.05) is 0 Å². The summed E-state index contributed by atoms with van der Waals surface area (Å²) in [6, 6.07) is 11.3. The van der Waals surface area contributed by atoms with E-state index in [0.29, 0.717) is 0 Å². The lowest BCUT2D eigenvalue weighted by Crippen LogP contribution is -2.09. The minimum atomic E-state index is -4.00. The molecule has 0 unspecified atom stereocenters. The molecule has 0 aliphatic rings. The summed E-state index contributed by atoms with van der Waals surface area (Å²) in [4.78, 5) is -0.207. The second kappa shape index (κ2) is 5.23. The SMILES string of the molecule is O=S(=O)(Oc1cccc(I)c1)c1cccc(F)c1. The topological polar surface area (TPSA) is 43.4 Å². The fourth-order valence-electron chi connectivity index (χ4n) is 1.32. The summed E-state index contributed by atoms with van der Waals surface area (Å²) in [5.41, 5.74) is 0. The molecular weight excluding hydrogens is 370 g/mol. The molecule has 94 valence electrons. The summed E-state index contributed by atoms with van der Waals surface area (Å²) >= 11 is 2.04. The molecule has 0 bridgehead atoms. The highest BCUT2D eigenvalue weighted by molar-refractivity contribution is 14.1. The molecular formula is C12H8FIO3S. The van der Waals surface area contributed by atoms with Crippen LogP contribution in [0.3, 0.4) is 0 Å². The zero-order valence-electron chi connectivity index (χ0n) is 9.01.